The van der Waals surface area contributed by atoms with E-state index in [1.54, 1.807) is 13.0 Å². The molecule has 0 bridgehead atoms. The highest BCUT2D eigenvalue weighted by Gasteiger charge is 2.07. The Kier molecular flexibility index (Phi) is 2.29. The summed E-state index contributed by atoms with van der Waals surface area (Å²) in [4.78, 5) is 0. The molecule has 0 aliphatic carbocycles. The number of aromatic hydroxyl groups is 1. The maximum Gasteiger partial charge on any atom is 0.165 e. The number of nitrogens with zero attached hydrogens (tertiary/aromatic N) is 1. The van der Waals surface area contributed by atoms with Gasteiger partial charge in [0.15, 0.2) is 11.6 Å². The van der Waals surface area contributed by atoms with Crippen molar-refractivity contribution in [2.24, 2.45) is 0 Å². The maximum atomic E-state index is 12.8. The van der Waals surface area contributed by atoms with E-state index < -0.39 is 11.6 Å². The largest absolute Gasteiger partial charge is 0.505 e. The highest BCUT2D eigenvalue weighted by molar-refractivity contribution is 5.38. The molecule has 0 radical (unpaired) electrons. The standard InChI is InChI=1S/C9H8FNO/c1-6-4-7(2-3-11)9(12)8(10)5-6/h4-5,12H,2H2,1H3. The van der Waals surface area contributed by atoms with Gasteiger partial charge in [-0.2, -0.15) is 5.26 Å². The van der Waals surface area contributed by atoms with Crippen LogP contribution in [0.5, 0.6) is 5.75 Å². The van der Waals surface area contributed by atoms with Crippen LogP contribution in [-0.4, -0.2) is 5.11 Å². The molecule has 62 valence electrons. The van der Waals surface area contributed by atoms with Crippen LogP contribution in [0.4, 0.5) is 4.39 Å². The lowest BCUT2D eigenvalue weighted by Crippen LogP contribution is -1.88. The van der Waals surface area contributed by atoms with Gasteiger partial charge in [0.2, 0.25) is 0 Å². The molecule has 0 heterocycles. The van der Waals surface area contributed by atoms with E-state index in [-0.39, 0.29) is 6.42 Å². The average molecular weight is 165 g/mol. The minimum atomic E-state index is -0.666. The second kappa shape index (κ2) is 3.22. The number of aryl methyl sites for hydroxylation is 1. The van der Waals surface area contributed by atoms with Crippen molar-refractivity contribution in [2.45, 2.75) is 13.3 Å². The first-order valence-corrected chi connectivity index (χ1v) is 3.50. The number of halogens is 1. The van der Waals surface area contributed by atoms with Crippen molar-refractivity contribution in [3.63, 3.8) is 0 Å². The van der Waals surface area contributed by atoms with Crippen molar-refractivity contribution in [1.82, 2.24) is 0 Å². The van der Waals surface area contributed by atoms with E-state index in [2.05, 4.69) is 0 Å². The van der Waals surface area contributed by atoms with E-state index in [0.717, 1.165) is 0 Å². The summed E-state index contributed by atoms with van der Waals surface area (Å²) < 4.78 is 12.8. The molecule has 0 amide bonds. The number of phenols is 1. The predicted molar refractivity (Wildman–Crippen MR) is 42.1 cm³/mol. The summed E-state index contributed by atoms with van der Waals surface area (Å²) in [6.07, 6.45) is 0.0322. The molecule has 1 aromatic rings. The third-order valence-electron chi connectivity index (χ3n) is 1.56. The van der Waals surface area contributed by atoms with Gasteiger partial charge in [0.1, 0.15) is 0 Å². The molecule has 0 aromatic heterocycles. The molecule has 1 rings (SSSR count). The Morgan fingerprint density at radius 3 is 2.83 bits per heavy atom. The Hall–Kier alpha value is -1.56. The van der Waals surface area contributed by atoms with E-state index >= 15 is 0 Å². The van der Waals surface area contributed by atoms with Crippen molar-refractivity contribution < 1.29 is 9.50 Å². The van der Waals surface area contributed by atoms with Gasteiger partial charge >= 0.3 is 0 Å². The first kappa shape index (κ1) is 8.54. The summed E-state index contributed by atoms with van der Waals surface area (Å²) in [6, 6.07) is 4.68. The fourth-order valence-corrected chi connectivity index (χ4v) is 1.03. The highest BCUT2D eigenvalue weighted by atomic mass is 19.1. The van der Waals surface area contributed by atoms with Crippen LogP contribution in [0.3, 0.4) is 0 Å². The topological polar surface area (TPSA) is 44.0 Å². The molecule has 0 spiro atoms. The summed E-state index contributed by atoms with van der Waals surface area (Å²) in [5.74, 6) is -1.08. The molecule has 0 fully saturated rings. The molecule has 0 atom stereocenters. The lowest BCUT2D eigenvalue weighted by atomic mass is 10.1. The van der Waals surface area contributed by atoms with Gasteiger partial charge in [-0.1, -0.05) is 6.07 Å². The Morgan fingerprint density at radius 1 is 1.58 bits per heavy atom. The molecule has 0 aliphatic heterocycles. The minimum absolute atomic E-state index is 0.0322. The van der Waals surface area contributed by atoms with Crippen molar-refractivity contribution in [3.05, 3.63) is 29.1 Å². The van der Waals surface area contributed by atoms with Crippen LogP contribution in [0, 0.1) is 24.1 Å². The molecule has 0 saturated carbocycles. The first-order chi connectivity index (χ1) is 5.65. The quantitative estimate of drug-likeness (QED) is 0.690. The van der Waals surface area contributed by atoms with Crippen LogP contribution in [0.25, 0.3) is 0 Å². The molecule has 1 aromatic carbocycles. The number of nitriles is 1. The molecule has 1 N–H and O–H groups in total. The van der Waals surface area contributed by atoms with Gasteiger partial charge < -0.3 is 5.11 Å². The molecule has 0 unspecified atom stereocenters. The van der Waals surface area contributed by atoms with E-state index in [1.807, 2.05) is 6.07 Å². The van der Waals surface area contributed by atoms with Gasteiger partial charge in [0.05, 0.1) is 12.5 Å². The average Bonchev–Trinajstić information content (AvgIpc) is 2.00. The molecular formula is C9H8FNO. The molecule has 12 heavy (non-hydrogen) atoms. The summed E-state index contributed by atoms with van der Waals surface area (Å²) in [6.45, 7) is 1.71. The van der Waals surface area contributed by atoms with E-state index in [0.29, 0.717) is 11.1 Å². The normalized spacial score (nSPS) is 9.42. The number of benzene rings is 1. The Labute approximate surface area is 69.9 Å². The summed E-state index contributed by atoms with van der Waals surface area (Å²) in [7, 11) is 0. The number of hydrogen-bond donors (Lipinski definition) is 1. The van der Waals surface area contributed by atoms with Gasteiger partial charge in [-0.3, -0.25) is 0 Å². The zero-order valence-electron chi connectivity index (χ0n) is 6.63. The Morgan fingerprint density at radius 2 is 2.25 bits per heavy atom. The fraction of sp³-hybridized carbons (Fsp3) is 0.222. The van der Waals surface area contributed by atoms with Crippen LogP contribution in [0.2, 0.25) is 0 Å². The number of hydrogen-bond acceptors (Lipinski definition) is 2. The van der Waals surface area contributed by atoms with Crippen LogP contribution in [-0.2, 0) is 6.42 Å². The molecule has 3 heteroatoms. The van der Waals surface area contributed by atoms with E-state index in [9.17, 15) is 4.39 Å². The van der Waals surface area contributed by atoms with Crippen LogP contribution < -0.4 is 0 Å². The van der Waals surface area contributed by atoms with Gasteiger partial charge in [-0.15, -0.1) is 0 Å². The van der Waals surface area contributed by atoms with Crippen LogP contribution in [0.1, 0.15) is 11.1 Å². The smallest absolute Gasteiger partial charge is 0.165 e. The monoisotopic (exact) mass is 165 g/mol. The fourth-order valence-electron chi connectivity index (χ4n) is 1.03. The third kappa shape index (κ3) is 1.54. The molecule has 0 saturated heterocycles. The van der Waals surface area contributed by atoms with Crippen molar-refractivity contribution >= 4 is 0 Å². The highest BCUT2D eigenvalue weighted by Crippen LogP contribution is 2.22. The zero-order chi connectivity index (χ0) is 9.14. The summed E-state index contributed by atoms with van der Waals surface area (Å²) >= 11 is 0. The van der Waals surface area contributed by atoms with Gasteiger partial charge in [0, 0.05) is 5.56 Å². The Bertz CT molecular complexity index is 341. The summed E-state index contributed by atoms with van der Waals surface area (Å²) in [5, 5.41) is 17.5. The maximum absolute atomic E-state index is 12.8. The number of rotatable bonds is 1. The van der Waals surface area contributed by atoms with Gasteiger partial charge in [-0.25, -0.2) is 4.39 Å². The lowest BCUT2D eigenvalue weighted by molar-refractivity contribution is 0.427. The van der Waals surface area contributed by atoms with Crippen molar-refractivity contribution in [2.75, 3.05) is 0 Å². The zero-order valence-corrected chi connectivity index (χ0v) is 6.63. The van der Waals surface area contributed by atoms with E-state index in [4.69, 9.17) is 10.4 Å². The van der Waals surface area contributed by atoms with Crippen LogP contribution >= 0.6 is 0 Å². The van der Waals surface area contributed by atoms with Crippen LogP contribution in [0.15, 0.2) is 12.1 Å². The minimum Gasteiger partial charge on any atom is -0.505 e. The van der Waals surface area contributed by atoms with Gasteiger partial charge in [0.25, 0.3) is 0 Å². The number of phenolic OH excluding ortho intramolecular Hbond substituents is 1. The van der Waals surface area contributed by atoms with Gasteiger partial charge in [-0.05, 0) is 18.6 Å². The SMILES string of the molecule is Cc1cc(F)c(O)c(CC#N)c1. The van der Waals surface area contributed by atoms with Crippen molar-refractivity contribution in [1.29, 1.82) is 5.26 Å². The first-order valence-electron chi connectivity index (χ1n) is 3.50. The summed E-state index contributed by atoms with van der Waals surface area (Å²) in [5.41, 5.74) is 1.05. The lowest BCUT2D eigenvalue weighted by Gasteiger charge is -2.02. The molecule has 0 aliphatic rings. The second-order valence-electron chi connectivity index (χ2n) is 2.59. The molecule has 2 nitrogen and oxygen atoms in total. The predicted octanol–water partition coefficient (Wildman–Crippen LogP) is 1.91. The second-order valence-corrected chi connectivity index (χ2v) is 2.59. The Balaban J connectivity index is 3.20. The third-order valence-corrected chi connectivity index (χ3v) is 1.56. The van der Waals surface area contributed by atoms with E-state index in [1.165, 1.54) is 6.07 Å². The molecular weight excluding hydrogens is 157 g/mol. The van der Waals surface area contributed by atoms with Crippen molar-refractivity contribution in [3.8, 4) is 11.8 Å².